The Morgan fingerprint density at radius 2 is 2.09 bits per heavy atom. The first-order valence-corrected chi connectivity index (χ1v) is 12.6. The van der Waals surface area contributed by atoms with Crippen LogP contribution in [-0.4, -0.2) is 52.4 Å². The lowest BCUT2D eigenvalue weighted by Crippen LogP contribution is -2.41. The zero-order chi connectivity index (χ0) is 22.2. The molecule has 6 nitrogen and oxygen atoms in total. The van der Waals surface area contributed by atoms with Crippen LogP contribution in [0.25, 0.3) is 15.9 Å². The molecule has 0 bridgehead atoms. The molecule has 0 unspecified atom stereocenters. The van der Waals surface area contributed by atoms with E-state index in [4.69, 9.17) is 9.72 Å². The molecule has 32 heavy (non-hydrogen) atoms. The van der Waals surface area contributed by atoms with E-state index in [1.54, 1.807) is 34.4 Å². The van der Waals surface area contributed by atoms with Gasteiger partial charge in [-0.3, -0.25) is 14.2 Å². The van der Waals surface area contributed by atoms with Crippen molar-refractivity contribution in [3.8, 4) is 5.69 Å². The highest BCUT2D eigenvalue weighted by Gasteiger charge is 2.26. The van der Waals surface area contributed by atoms with Gasteiger partial charge in [0.05, 0.1) is 30.0 Å². The SMILES string of the molecule is C[C@H]1CCc2c(sc3nc(SCC(=O)N4CCOCC4)n(-c4ccccc4F)c(=O)c23)C1. The van der Waals surface area contributed by atoms with E-state index in [2.05, 4.69) is 6.92 Å². The number of thioether (sulfide) groups is 1. The van der Waals surface area contributed by atoms with Crippen molar-refractivity contribution in [3.05, 3.63) is 50.9 Å². The van der Waals surface area contributed by atoms with Gasteiger partial charge in [-0.15, -0.1) is 11.3 Å². The number of aromatic nitrogens is 2. The van der Waals surface area contributed by atoms with Crippen molar-refractivity contribution in [2.24, 2.45) is 5.92 Å². The van der Waals surface area contributed by atoms with Gasteiger partial charge < -0.3 is 9.64 Å². The Morgan fingerprint density at radius 3 is 2.88 bits per heavy atom. The number of thiophene rings is 1. The molecule has 1 atom stereocenters. The molecule has 168 valence electrons. The van der Waals surface area contributed by atoms with Crippen molar-refractivity contribution in [3.63, 3.8) is 0 Å². The molecular weight excluding hydrogens is 449 g/mol. The molecule has 2 aliphatic rings. The topological polar surface area (TPSA) is 64.4 Å². The number of ether oxygens (including phenoxy) is 1. The first-order chi connectivity index (χ1) is 15.5. The van der Waals surface area contributed by atoms with Crippen LogP contribution in [0.1, 0.15) is 23.8 Å². The van der Waals surface area contributed by atoms with Gasteiger partial charge in [-0.05, 0) is 42.9 Å². The van der Waals surface area contributed by atoms with Gasteiger partial charge in [0.25, 0.3) is 5.56 Å². The zero-order valence-electron chi connectivity index (χ0n) is 17.8. The molecule has 5 rings (SSSR count). The summed E-state index contributed by atoms with van der Waals surface area (Å²) < 4.78 is 21.4. The molecule has 3 heterocycles. The van der Waals surface area contributed by atoms with Gasteiger partial charge in [-0.25, -0.2) is 9.37 Å². The molecule has 1 fully saturated rings. The fourth-order valence-electron chi connectivity index (χ4n) is 4.34. The molecule has 0 saturated carbocycles. The second-order valence-corrected chi connectivity index (χ2v) is 10.3. The molecule has 1 amide bonds. The maximum Gasteiger partial charge on any atom is 0.267 e. The van der Waals surface area contributed by atoms with E-state index < -0.39 is 5.82 Å². The van der Waals surface area contributed by atoms with Crippen molar-refractivity contribution in [2.75, 3.05) is 32.1 Å². The fraction of sp³-hybridized carbons (Fsp3) is 0.435. The summed E-state index contributed by atoms with van der Waals surface area (Å²) in [5, 5.41) is 0.949. The summed E-state index contributed by atoms with van der Waals surface area (Å²) in [6, 6.07) is 6.22. The average Bonchev–Trinajstić information content (AvgIpc) is 3.16. The first kappa shape index (κ1) is 21.6. The zero-order valence-corrected chi connectivity index (χ0v) is 19.4. The Morgan fingerprint density at radius 1 is 1.31 bits per heavy atom. The summed E-state index contributed by atoms with van der Waals surface area (Å²) >= 11 is 2.75. The number of nitrogens with zero attached hydrogens (tertiary/aromatic N) is 3. The van der Waals surface area contributed by atoms with Crippen LogP contribution in [-0.2, 0) is 22.4 Å². The van der Waals surface area contributed by atoms with Gasteiger partial charge in [0.15, 0.2) is 5.16 Å². The predicted octanol–water partition coefficient (Wildman–Crippen LogP) is 3.66. The van der Waals surface area contributed by atoms with E-state index in [0.717, 1.165) is 24.8 Å². The Hall–Kier alpha value is -2.23. The highest BCUT2D eigenvalue weighted by atomic mass is 32.2. The van der Waals surface area contributed by atoms with E-state index in [-0.39, 0.29) is 22.9 Å². The number of aryl methyl sites for hydroxylation is 1. The van der Waals surface area contributed by atoms with E-state index in [0.29, 0.717) is 47.6 Å². The summed E-state index contributed by atoms with van der Waals surface area (Å²) in [5.41, 5.74) is 0.970. The van der Waals surface area contributed by atoms with Crippen LogP contribution in [0.3, 0.4) is 0 Å². The van der Waals surface area contributed by atoms with Crippen LogP contribution in [0.15, 0.2) is 34.2 Å². The van der Waals surface area contributed by atoms with E-state index in [1.807, 2.05) is 0 Å². The van der Waals surface area contributed by atoms with E-state index >= 15 is 0 Å². The number of para-hydroxylation sites is 1. The van der Waals surface area contributed by atoms with E-state index in [1.165, 1.54) is 27.3 Å². The number of fused-ring (bicyclic) bond motifs is 3. The number of hydrogen-bond donors (Lipinski definition) is 0. The molecule has 2 aromatic heterocycles. The summed E-state index contributed by atoms with van der Waals surface area (Å²) in [7, 11) is 0. The normalized spacial score (nSPS) is 18.7. The summed E-state index contributed by atoms with van der Waals surface area (Å²) in [4.78, 5) is 34.8. The molecule has 0 N–H and O–H groups in total. The average molecular weight is 474 g/mol. The minimum atomic E-state index is -0.491. The maximum atomic E-state index is 14.8. The lowest BCUT2D eigenvalue weighted by Gasteiger charge is -2.26. The summed E-state index contributed by atoms with van der Waals surface area (Å²) in [5.74, 6) is 0.181. The third kappa shape index (κ3) is 3.97. The third-order valence-corrected chi connectivity index (χ3v) is 8.15. The Balaban J connectivity index is 1.59. The fourth-order valence-corrected chi connectivity index (χ4v) is 6.68. The quantitative estimate of drug-likeness (QED) is 0.427. The molecule has 9 heteroatoms. The number of hydrogen-bond acceptors (Lipinski definition) is 6. The lowest BCUT2D eigenvalue weighted by atomic mass is 9.89. The van der Waals surface area contributed by atoms with Crippen LogP contribution in [0.2, 0.25) is 0 Å². The number of benzene rings is 1. The highest BCUT2D eigenvalue weighted by molar-refractivity contribution is 7.99. The van der Waals surface area contributed by atoms with Gasteiger partial charge in [0.1, 0.15) is 10.6 Å². The van der Waals surface area contributed by atoms with Crippen LogP contribution in [0.4, 0.5) is 4.39 Å². The second-order valence-electron chi connectivity index (χ2n) is 8.30. The van der Waals surface area contributed by atoms with Crippen molar-refractivity contribution < 1.29 is 13.9 Å². The van der Waals surface area contributed by atoms with Crippen molar-refractivity contribution >= 4 is 39.2 Å². The van der Waals surface area contributed by atoms with Crippen LogP contribution >= 0.6 is 23.1 Å². The van der Waals surface area contributed by atoms with Gasteiger partial charge in [-0.2, -0.15) is 0 Å². The Kier molecular flexibility index (Phi) is 6.05. The molecule has 0 spiro atoms. The number of carbonyl (C=O) groups is 1. The maximum absolute atomic E-state index is 14.8. The minimum Gasteiger partial charge on any atom is -0.378 e. The van der Waals surface area contributed by atoms with Gasteiger partial charge in [0.2, 0.25) is 5.91 Å². The smallest absolute Gasteiger partial charge is 0.267 e. The molecule has 1 aromatic carbocycles. The molecule has 3 aromatic rings. The first-order valence-electron chi connectivity index (χ1n) is 10.8. The Bertz CT molecular complexity index is 1230. The van der Waals surface area contributed by atoms with Crippen LogP contribution < -0.4 is 5.56 Å². The van der Waals surface area contributed by atoms with Crippen molar-refractivity contribution in [2.45, 2.75) is 31.3 Å². The highest BCUT2D eigenvalue weighted by Crippen LogP contribution is 2.37. The van der Waals surface area contributed by atoms with E-state index in [9.17, 15) is 14.0 Å². The number of amides is 1. The third-order valence-electron chi connectivity index (χ3n) is 6.08. The lowest BCUT2D eigenvalue weighted by molar-refractivity contribution is -0.132. The predicted molar refractivity (Wildman–Crippen MR) is 124 cm³/mol. The number of carbonyl (C=O) groups excluding carboxylic acids is 1. The molecule has 0 radical (unpaired) electrons. The molecular formula is C23H24FN3O3S2. The molecule has 1 saturated heterocycles. The van der Waals surface area contributed by atoms with Gasteiger partial charge in [-0.1, -0.05) is 30.8 Å². The number of halogens is 1. The number of rotatable bonds is 4. The largest absolute Gasteiger partial charge is 0.378 e. The Labute approximate surface area is 193 Å². The second kappa shape index (κ2) is 8.96. The minimum absolute atomic E-state index is 0.0352. The van der Waals surface area contributed by atoms with Crippen molar-refractivity contribution in [1.29, 1.82) is 0 Å². The van der Waals surface area contributed by atoms with Gasteiger partial charge >= 0.3 is 0 Å². The van der Waals surface area contributed by atoms with Gasteiger partial charge in [0, 0.05) is 18.0 Å². The van der Waals surface area contributed by atoms with Crippen molar-refractivity contribution in [1.82, 2.24) is 14.5 Å². The standard InChI is InChI=1S/C23H24FN3O3S2/c1-14-6-7-15-18(12-14)32-21-20(15)22(29)27(17-5-3-2-4-16(17)24)23(25-21)31-13-19(28)26-8-10-30-11-9-26/h2-5,14H,6-13H2,1H3/t14-/m0/s1. The molecule has 1 aliphatic carbocycles. The van der Waals surface area contributed by atoms with Crippen LogP contribution in [0, 0.1) is 11.7 Å². The monoisotopic (exact) mass is 473 g/mol. The summed E-state index contributed by atoms with van der Waals surface area (Å²) in [6.07, 6.45) is 2.81. The number of morpholine rings is 1. The molecule has 1 aliphatic heterocycles. The summed E-state index contributed by atoms with van der Waals surface area (Å²) in [6.45, 7) is 4.39. The van der Waals surface area contributed by atoms with Crippen LogP contribution in [0.5, 0.6) is 0 Å².